The van der Waals surface area contributed by atoms with Gasteiger partial charge < -0.3 is 5.32 Å². The smallest absolute Gasteiger partial charge is 0.0118 e. The van der Waals surface area contributed by atoms with Gasteiger partial charge in [-0.2, -0.15) is 0 Å². The Morgan fingerprint density at radius 3 is 2.79 bits per heavy atom. The van der Waals surface area contributed by atoms with Crippen molar-refractivity contribution in [3.05, 3.63) is 12.2 Å². The standard InChI is InChI=1S/C13H25N/c1-4-5-8-11-14-12-9-6-7-10-13(12,2)3/h4-5,12,14H,6-11H2,1-3H3/b5-4+. The van der Waals surface area contributed by atoms with Crippen LogP contribution in [0.3, 0.4) is 0 Å². The Morgan fingerprint density at radius 2 is 2.14 bits per heavy atom. The average Bonchev–Trinajstić information content (AvgIpc) is 2.14. The molecular weight excluding hydrogens is 170 g/mol. The van der Waals surface area contributed by atoms with E-state index in [1.54, 1.807) is 0 Å². The zero-order valence-corrected chi connectivity index (χ0v) is 9.97. The zero-order valence-electron chi connectivity index (χ0n) is 9.97. The fourth-order valence-corrected chi connectivity index (χ4v) is 2.38. The van der Waals surface area contributed by atoms with E-state index in [0.717, 1.165) is 12.6 Å². The van der Waals surface area contributed by atoms with E-state index in [1.165, 1.54) is 32.1 Å². The third-order valence-corrected chi connectivity index (χ3v) is 3.44. The minimum Gasteiger partial charge on any atom is -0.313 e. The van der Waals surface area contributed by atoms with Crippen molar-refractivity contribution >= 4 is 0 Å². The second kappa shape index (κ2) is 5.55. The molecule has 1 N–H and O–H groups in total. The molecule has 0 radical (unpaired) electrons. The first-order valence-electron chi connectivity index (χ1n) is 6.01. The highest BCUT2D eigenvalue weighted by atomic mass is 14.9. The summed E-state index contributed by atoms with van der Waals surface area (Å²) in [6.07, 6.45) is 11.1. The minimum absolute atomic E-state index is 0.508. The van der Waals surface area contributed by atoms with Gasteiger partial charge in [-0.1, -0.05) is 38.8 Å². The molecule has 1 saturated carbocycles. The third kappa shape index (κ3) is 3.45. The summed E-state index contributed by atoms with van der Waals surface area (Å²) in [5.41, 5.74) is 0.508. The van der Waals surface area contributed by atoms with Crippen LogP contribution in [0.4, 0.5) is 0 Å². The van der Waals surface area contributed by atoms with Crippen LogP contribution in [0.15, 0.2) is 12.2 Å². The fourth-order valence-electron chi connectivity index (χ4n) is 2.38. The lowest BCUT2D eigenvalue weighted by atomic mass is 9.73. The first-order chi connectivity index (χ1) is 6.67. The summed E-state index contributed by atoms with van der Waals surface area (Å²) in [5, 5.41) is 3.70. The van der Waals surface area contributed by atoms with Gasteiger partial charge >= 0.3 is 0 Å². The second-order valence-electron chi connectivity index (χ2n) is 5.10. The van der Waals surface area contributed by atoms with Crippen molar-refractivity contribution in [2.24, 2.45) is 5.41 Å². The highest BCUT2D eigenvalue weighted by Crippen LogP contribution is 2.35. The van der Waals surface area contributed by atoms with E-state index in [9.17, 15) is 0 Å². The summed E-state index contributed by atoms with van der Waals surface area (Å²) < 4.78 is 0. The van der Waals surface area contributed by atoms with E-state index < -0.39 is 0 Å². The third-order valence-electron chi connectivity index (χ3n) is 3.44. The molecule has 1 nitrogen and oxygen atoms in total. The van der Waals surface area contributed by atoms with Crippen LogP contribution in [0.1, 0.15) is 52.9 Å². The van der Waals surface area contributed by atoms with Crippen molar-refractivity contribution in [3.8, 4) is 0 Å². The maximum atomic E-state index is 3.70. The van der Waals surface area contributed by atoms with E-state index in [4.69, 9.17) is 0 Å². The van der Waals surface area contributed by atoms with Gasteiger partial charge in [-0.05, 0) is 38.1 Å². The number of nitrogens with one attached hydrogen (secondary N) is 1. The van der Waals surface area contributed by atoms with Gasteiger partial charge in [0.15, 0.2) is 0 Å². The van der Waals surface area contributed by atoms with Crippen molar-refractivity contribution in [2.75, 3.05) is 6.54 Å². The van der Waals surface area contributed by atoms with Gasteiger partial charge in [0, 0.05) is 6.04 Å². The minimum atomic E-state index is 0.508. The van der Waals surface area contributed by atoms with E-state index >= 15 is 0 Å². The summed E-state index contributed by atoms with van der Waals surface area (Å²) >= 11 is 0. The normalized spacial score (nSPS) is 26.9. The van der Waals surface area contributed by atoms with Gasteiger partial charge in [0.1, 0.15) is 0 Å². The summed E-state index contributed by atoms with van der Waals surface area (Å²) in [4.78, 5) is 0. The fraction of sp³-hybridized carbons (Fsp3) is 0.846. The van der Waals surface area contributed by atoms with Crippen LogP contribution in [-0.2, 0) is 0 Å². The largest absolute Gasteiger partial charge is 0.313 e. The zero-order chi connectivity index (χ0) is 10.4. The van der Waals surface area contributed by atoms with Crippen molar-refractivity contribution in [2.45, 2.75) is 58.9 Å². The van der Waals surface area contributed by atoms with E-state index in [2.05, 4.69) is 38.2 Å². The van der Waals surface area contributed by atoms with Gasteiger partial charge in [0.05, 0.1) is 0 Å². The van der Waals surface area contributed by atoms with Crippen LogP contribution >= 0.6 is 0 Å². The lowest BCUT2D eigenvalue weighted by Gasteiger charge is -2.39. The molecule has 1 atom stereocenters. The quantitative estimate of drug-likeness (QED) is 0.534. The number of hydrogen-bond donors (Lipinski definition) is 1. The Morgan fingerprint density at radius 1 is 1.36 bits per heavy atom. The molecule has 1 rings (SSSR count). The summed E-state index contributed by atoms with van der Waals surface area (Å²) in [6.45, 7) is 8.03. The van der Waals surface area contributed by atoms with Crippen molar-refractivity contribution in [1.29, 1.82) is 0 Å². The number of rotatable bonds is 4. The summed E-state index contributed by atoms with van der Waals surface area (Å²) in [7, 11) is 0. The molecule has 0 aromatic heterocycles. The maximum Gasteiger partial charge on any atom is 0.0118 e. The molecule has 14 heavy (non-hydrogen) atoms. The molecule has 1 unspecified atom stereocenters. The summed E-state index contributed by atoms with van der Waals surface area (Å²) in [5.74, 6) is 0. The Labute approximate surface area is 89.0 Å². The first kappa shape index (κ1) is 11.8. The molecule has 0 heterocycles. The maximum absolute atomic E-state index is 3.70. The average molecular weight is 195 g/mol. The SMILES string of the molecule is C/C=C/CCNC1CCCCC1(C)C. The van der Waals surface area contributed by atoms with Crippen LogP contribution in [0.5, 0.6) is 0 Å². The molecule has 1 heteroatoms. The number of allylic oxidation sites excluding steroid dienone is 1. The molecule has 0 spiro atoms. The Balaban J connectivity index is 2.27. The molecule has 0 amide bonds. The van der Waals surface area contributed by atoms with Crippen molar-refractivity contribution < 1.29 is 0 Å². The van der Waals surface area contributed by atoms with Crippen LogP contribution in [0.25, 0.3) is 0 Å². The van der Waals surface area contributed by atoms with Gasteiger partial charge in [-0.25, -0.2) is 0 Å². The van der Waals surface area contributed by atoms with Crippen LogP contribution in [0.2, 0.25) is 0 Å². The molecular formula is C13H25N. The monoisotopic (exact) mass is 195 g/mol. The molecule has 0 aromatic carbocycles. The molecule has 0 bridgehead atoms. The lowest BCUT2D eigenvalue weighted by molar-refractivity contribution is 0.169. The molecule has 0 saturated heterocycles. The Bertz CT molecular complexity index is 182. The predicted octanol–water partition coefficient (Wildman–Crippen LogP) is 3.51. The van der Waals surface area contributed by atoms with Crippen LogP contribution < -0.4 is 5.32 Å². The molecule has 1 aliphatic rings. The van der Waals surface area contributed by atoms with E-state index in [1.807, 2.05) is 0 Å². The molecule has 0 aliphatic heterocycles. The highest BCUT2D eigenvalue weighted by Gasteiger charge is 2.31. The van der Waals surface area contributed by atoms with E-state index in [-0.39, 0.29) is 0 Å². The predicted molar refractivity (Wildman–Crippen MR) is 63.5 cm³/mol. The second-order valence-corrected chi connectivity index (χ2v) is 5.10. The molecule has 1 aliphatic carbocycles. The molecule has 0 aromatic rings. The van der Waals surface area contributed by atoms with Gasteiger partial charge in [0.25, 0.3) is 0 Å². The van der Waals surface area contributed by atoms with Crippen molar-refractivity contribution in [1.82, 2.24) is 5.32 Å². The molecule has 82 valence electrons. The van der Waals surface area contributed by atoms with Gasteiger partial charge in [-0.15, -0.1) is 0 Å². The van der Waals surface area contributed by atoms with Gasteiger partial charge in [-0.3, -0.25) is 0 Å². The number of hydrogen-bond acceptors (Lipinski definition) is 1. The van der Waals surface area contributed by atoms with Crippen LogP contribution in [-0.4, -0.2) is 12.6 Å². The van der Waals surface area contributed by atoms with Crippen LogP contribution in [0, 0.1) is 5.41 Å². The highest BCUT2D eigenvalue weighted by molar-refractivity contribution is 4.88. The molecule has 1 fully saturated rings. The lowest BCUT2D eigenvalue weighted by Crippen LogP contribution is -2.44. The van der Waals surface area contributed by atoms with E-state index in [0.29, 0.717) is 5.41 Å². The van der Waals surface area contributed by atoms with Gasteiger partial charge in [0.2, 0.25) is 0 Å². The Hall–Kier alpha value is -0.300. The summed E-state index contributed by atoms with van der Waals surface area (Å²) in [6, 6.07) is 0.738. The topological polar surface area (TPSA) is 12.0 Å². The Kier molecular flexibility index (Phi) is 4.67. The van der Waals surface area contributed by atoms with Crippen molar-refractivity contribution in [3.63, 3.8) is 0 Å². The first-order valence-corrected chi connectivity index (χ1v) is 6.01.